The molecular formula is C19H19N3O7S3. The lowest BCUT2D eigenvalue weighted by molar-refractivity contribution is 0.477. The van der Waals surface area contributed by atoms with Gasteiger partial charge in [-0.1, -0.05) is 23.8 Å². The Bertz CT molecular complexity index is 1480. The summed E-state index contributed by atoms with van der Waals surface area (Å²) in [5.74, 6) is -0.490. The molecule has 0 radical (unpaired) electrons. The predicted octanol–water partition coefficient (Wildman–Crippen LogP) is 1.95. The summed E-state index contributed by atoms with van der Waals surface area (Å²) in [6.45, 7) is 1.79. The van der Waals surface area contributed by atoms with Crippen LogP contribution >= 0.6 is 0 Å². The Hall–Kier alpha value is -3.13. The second-order valence-electron chi connectivity index (χ2n) is 6.78. The highest BCUT2D eigenvalue weighted by atomic mass is 32.2. The van der Waals surface area contributed by atoms with Crippen molar-refractivity contribution < 1.29 is 30.4 Å². The van der Waals surface area contributed by atoms with Gasteiger partial charge in [0.15, 0.2) is 0 Å². The van der Waals surface area contributed by atoms with E-state index in [1.165, 1.54) is 30.3 Å². The quantitative estimate of drug-likeness (QED) is 0.361. The summed E-state index contributed by atoms with van der Waals surface area (Å²) < 4.78 is 78.0. The number of nitrogens with one attached hydrogen (secondary N) is 2. The summed E-state index contributed by atoms with van der Waals surface area (Å²) in [7, 11) is -12.4. The van der Waals surface area contributed by atoms with E-state index >= 15 is 0 Å². The van der Waals surface area contributed by atoms with Crippen molar-refractivity contribution in [3.05, 3.63) is 72.3 Å². The van der Waals surface area contributed by atoms with E-state index in [1.807, 2.05) is 0 Å². The summed E-state index contributed by atoms with van der Waals surface area (Å²) in [5.41, 5.74) is 0.413. The van der Waals surface area contributed by atoms with Crippen LogP contribution in [0.2, 0.25) is 0 Å². The van der Waals surface area contributed by atoms with E-state index in [0.29, 0.717) is 0 Å². The molecule has 0 fully saturated rings. The van der Waals surface area contributed by atoms with Crippen LogP contribution in [0.5, 0.6) is 5.75 Å². The number of nitrogens with two attached hydrogens (primary N) is 1. The van der Waals surface area contributed by atoms with Crippen LogP contribution in [0.4, 0.5) is 11.4 Å². The Morgan fingerprint density at radius 3 is 1.94 bits per heavy atom. The molecule has 170 valence electrons. The average molecular weight is 498 g/mol. The molecule has 3 aromatic rings. The van der Waals surface area contributed by atoms with Crippen LogP contribution in [-0.2, 0) is 30.1 Å². The van der Waals surface area contributed by atoms with Gasteiger partial charge in [0.1, 0.15) is 5.75 Å². The molecule has 3 rings (SSSR count). The van der Waals surface area contributed by atoms with Crippen LogP contribution in [0.25, 0.3) is 0 Å². The summed E-state index contributed by atoms with van der Waals surface area (Å²) in [5, 5.41) is 15.1. The lowest BCUT2D eigenvalue weighted by atomic mass is 10.2. The van der Waals surface area contributed by atoms with Crippen molar-refractivity contribution in [2.45, 2.75) is 21.6 Å². The molecular weight excluding hydrogens is 478 g/mol. The molecule has 32 heavy (non-hydrogen) atoms. The van der Waals surface area contributed by atoms with E-state index in [4.69, 9.17) is 5.14 Å². The van der Waals surface area contributed by atoms with Crippen molar-refractivity contribution in [3.63, 3.8) is 0 Å². The summed E-state index contributed by atoms with van der Waals surface area (Å²) in [6, 6.07) is 13.8. The van der Waals surface area contributed by atoms with Gasteiger partial charge >= 0.3 is 0 Å². The Morgan fingerprint density at radius 1 is 0.719 bits per heavy atom. The molecule has 10 nitrogen and oxygen atoms in total. The Balaban J connectivity index is 1.93. The van der Waals surface area contributed by atoms with Crippen molar-refractivity contribution in [1.29, 1.82) is 0 Å². The van der Waals surface area contributed by atoms with Crippen LogP contribution < -0.4 is 14.6 Å². The first-order valence-corrected chi connectivity index (χ1v) is 13.4. The van der Waals surface area contributed by atoms with E-state index < -0.39 is 35.8 Å². The zero-order chi connectivity index (χ0) is 23.7. The molecule has 0 aliphatic heterocycles. The maximum Gasteiger partial charge on any atom is 0.262 e. The fraction of sp³-hybridized carbons (Fsp3) is 0.0526. The molecule has 0 aromatic heterocycles. The molecule has 0 atom stereocenters. The van der Waals surface area contributed by atoms with E-state index in [1.54, 1.807) is 19.1 Å². The highest BCUT2D eigenvalue weighted by molar-refractivity contribution is 7.93. The number of rotatable bonds is 7. The molecule has 0 saturated carbocycles. The number of benzene rings is 3. The standard InChI is InChI=1S/C19H19N3O7S3/c1-13-5-7-15(8-6-13)31(26,27)22-18-12-17(9-10-19(18)23)32(28,29)21-14-3-2-4-16(11-14)30(20,24)25/h2-12,21-23H,1H3,(H2,20,24,25). The molecule has 0 spiro atoms. The van der Waals surface area contributed by atoms with Gasteiger partial charge in [-0.25, -0.2) is 30.4 Å². The highest BCUT2D eigenvalue weighted by Gasteiger charge is 2.21. The second kappa shape index (κ2) is 8.43. The number of hydrogen-bond donors (Lipinski definition) is 4. The normalized spacial score (nSPS) is 12.3. The van der Waals surface area contributed by atoms with Gasteiger partial charge in [-0.3, -0.25) is 9.44 Å². The van der Waals surface area contributed by atoms with Gasteiger partial charge in [-0.15, -0.1) is 0 Å². The Labute approximate surface area is 185 Å². The first kappa shape index (κ1) is 23.5. The fourth-order valence-corrected chi connectivity index (χ4v) is 5.34. The zero-order valence-electron chi connectivity index (χ0n) is 16.5. The van der Waals surface area contributed by atoms with Gasteiger partial charge in [-0.2, -0.15) is 0 Å². The number of phenolic OH excluding ortho intramolecular Hbond substituents is 1. The number of sulfonamides is 3. The second-order valence-corrected chi connectivity index (χ2v) is 11.7. The van der Waals surface area contributed by atoms with Gasteiger partial charge in [0.05, 0.1) is 26.1 Å². The topological polar surface area (TPSA) is 173 Å². The maximum absolute atomic E-state index is 12.7. The Morgan fingerprint density at radius 2 is 1.31 bits per heavy atom. The van der Waals surface area contributed by atoms with Gasteiger partial charge in [0.25, 0.3) is 20.0 Å². The van der Waals surface area contributed by atoms with Crippen LogP contribution in [-0.4, -0.2) is 30.4 Å². The van der Waals surface area contributed by atoms with Crippen LogP contribution in [0.3, 0.4) is 0 Å². The van der Waals surface area contributed by atoms with Crippen LogP contribution in [0.15, 0.2) is 81.4 Å². The molecule has 0 unspecified atom stereocenters. The summed E-state index contributed by atoms with van der Waals surface area (Å²) in [4.78, 5) is -0.749. The summed E-state index contributed by atoms with van der Waals surface area (Å²) >= 11 is 0. The maximum atomic E-state index is 12.7. The molecule has 0 heterocycles. The van der Waals surface area contributed by atoms with Crippen LogP contribution in [0, 0.1) is 6.92 Å². The smallest absolute Gasteiger partial charge is 0.262 e. The van der Waals surface area contributed by atoms with Gasteiger partial charge in [-0.05, 0) is 55.5 Å². The number of primary sulfonamides is 1. The lowest BCUT2D eigenvalue weighted by Gasteiger charge is -2.13. The molecule has 0 saturated heterocycles. The minimum atomic E-state index is -4.27. The van der Waals surface area contributed by atoms with Crippen molar-refractivity contribution in [2.75, 3.05) is 9.44 Å². The fourth-order valence-electron chi connectivity index (χ4n) is 2.64. The molecule has 0 amide bonds. The van der Waals surface area contributed by atoms with Gasteiger partial charge < -0.3 is 5.11 Å². The average Bonchev–Trinajstić information content (AvgIpc) is 2.69. The number of aromatic hydroxyl groups is 1. The van der Waals surface area contributed by atoms with Gasteiger partial charge in [0.2, 0.25) is 10.0 Å². The van der Waals surface area contributed by atoms with Crippen molar-refractivity contribution in [1.82, 2.24) is 0 Å². The third kappa shape index (κ3) is 5.37. The minimum Gasteiger partial charge on any atom is -0.506 e. The molecule has 0 bridgehead atoms. The van der Waals surface area contributed by atoms with Crippen molar-refractivity contribution in [2.24, 2.45) is 5.14 Å². The van der Waals surface area contributed by atoms with E-state index in [0.717, 1.165) is 29.8 Å². The lowest BCUT2D eigenvalue weighted by Crippen LogP contribution is -2.16. The monoisotopic (exact) mass is 497 g/mol. The SMILES string of the molecule is Cc1ccc(S(=O)(=O)Nc2cc(S(=O)(=O)Nc3cccc(S(N)(=O)=O)c3)ccc2O)cc1. The summed E-state index contributed by atoms with van der Waals surface area (Å²) in [6.07, 6.45) is 0. The first-order valence-electron chi connectivity index (χ1n) is 8.86. The Kier molecular flexibility index (Phi) is 6.20. The largest absolute Gasteiger partial charge is 0.506 e. The van der Waals surface area contributed by atoms with E-state index in [2.05, 4.69) is 9.44 Å². The number of anilines is 2. The minimum absolute atomic E-state index is 0.0753. The number of aryl methyl sites for hydroxylation is 1. The zero-order valence-corrected chi connectivity index (χ0v) is 19.0. The van der Waals surface area contributed by atoms with Gasteiger partial charge in [0, 0.05) is 0 Å². The van der Waals surface area contributed by atoms with E-state index in [-0.39, 0.29) is 26.1 Å². The predicted molar refractivity (Wildman–Crippen MR) is 119 cm³/mol. The third-order valence-corrected chi connectivity index (χ3v) is 7.94. The van der Waals surface area contributed by atoms with Crippen molar-refractivity contribution in [3.8, 4) is 5.75 Å². The third-order valence-electron chi connectivity index (χ3n) is 4.27. The number of hydrogen-bond acceptors (Lipinski definition) is 7. The van der Waals surface area contributed by atoms with E-state index in [9.17, 15) is 30.4 Å². The molecule has 0 aliphatic carbocycles. The highest BCUT2D eigenvalue weighted by Crippen LogP contribution is 2.30. The molecule has 5 N–H and O–H groups in total. The van der Waals surface area contributed by atoms with Crippen molar-refractivity contribution >= 4 is 41.4 Å². The molecule has 0 aliphatic rings. The number of phenols is 1. The molecule has 3 aromatic carbocycles. The first-order chi connectivity index (χ1) is 14.8. The van der Waals surface area contributed by atoms with Crippen LogP contribution in [0.1, 0.15) is 5.56 Å². The molecule has 13 heteroatoms.